The third-order valence-corrected chi connectivity index (χ3v) is 7.44. The fourth-order valence-corrected chi connectivity index (χ4v) is 5.81. The standard InChI is InChI=1S/C28H42OSi/c1-18-13-12-14-23(19(18)2)30-16-15-20-21(26(3,4)5)17-22(29)25(28(9,10)11)24(20)27(6,7)8/h12-14,17,29H,15-16H2,1-11H3. The molecule has 2 aromatic rings. The van der Waals surface area contributed by atoms with Crippen molar-refractivity contribution < 1.29 is 5.11 Å². The van der Waals surface area contributed by atoms with E-state index in [1.165, 1.54) is 33.0 Å². The highest BCUT2D eigenvalue weighted by Gasteiger charge is 2.34. The Bertz CT molecular complexity index is 902. The van der Waals surface area contributed by atoms with Gasteiger partial charge in [-0.05, 0) is 70.4 Å². The zero-order valence-electron chi connectivity index (χ0n) is 21.2. The van der Waals surface area contributed by atoms with Gasteiger partial charge < -0.3 is 5.11 Å². The summed E-state index contributed by atoms with van der Waals surface area (Å²) in [7, 11) is 0.803. The number of aromatic hydroxyl groups is 1. The fraction of sp³-hybridized carbons (Fsp3) is 0.571. The van der Waals surface area contributed by atoms with E-state index in [4.69, 9.17) is 0 Å². The number of rotatable bonds is 4. The van der Waals surface area contributed by atoms with E-state index in [2.05, 4.69) is 100 Å². The average Bonchev–Trinajstić information content (AvgIpc) is 2.56. The van der Waals surface area contributed by atoms with Gasteiger partial charge in [0.1, 0.15) is 5.75 Å². The molecule has 0 amide bonds. The van der Waals surface area contributed by atoms with Crippen LogP contribution in [-0.2, 0) is 22.7 Å². The minimum absolute atomic E-state index is 0.00834. The quantitative estimate of drug-likeness (QED) is 0.532. The maximum atomic E-state index is 11.1. The summed E-state index contributed by atoms with van der Waals surface area (Å²) in [5.74, 6) is 0.457. The molecular weight excluding hydrogens is 380 g/mol. The van der Waals surface area contributed by atoms with Crippen LogP contribution in [0.1, 0.15) is 95.7 Å². The number of phenols is 1. The van der Waals surface area contributed by atoms with E-state index in [-0.39, 0.29) is 16.2 Å². The number of phenolic OH excluding ortho intramolecular Hbond substituents is 1. The molecule has 0 spiro atoms. The lowest BCUT2D eigenvalue weighted by Gasteiger charge is -2.37. The van der Waals surface area contributed by atoms with Gasteiger partial charge in [-0.15, -0.1) is 0 Å². The summed E-state index contributed by atoms with van der Waals surface area (Å²) in [6, 6.07) is 9.88. The molecule has 0 unspecified atom stereocenters. The van der Waals surface area contributed by atoms with Crippen LogP contribution in [0.3, 0.4) is 0 Å². The lowest BCUT2D eigenvalue weighted by atomic mass is 9.68. The molecule has 0 aliphatic heterocycles. The molecule has 164 valence electrons. The van der Waals surface area contributed by atoms with Crippen molar-refractivity contribution in [3.05, 3.63) is 57.6 Å². The normalized spacial score (nSPS) is 13.0. The Labute approximate surface area is 188 Å². The van der Waals surface area contributed by atoms with Gasteiger partial charge in [-0.25, -0.2) is 0 Å². The van der Waals surface area contributed by atoms with Crippen LogP contribution in [0.5, 0.6) is 5.75 Å². The van der Waals surface area contributed by atoms with Crippen molar-refractivity contribution in [1.29, 1.82) is 0 Å². The Hall–Kier alpha value is -1.54. The van der Waals surface area contributed by atoms with E-state index in [1.54, 1.807) is 0 Å². The molecular formula is C28H42OSi. The molecule has 0 fully saturated rings. The maximum Gasteiger partial charge on any atom is 0.119 e. The van der Waals surface area contributed by atoms with E-state index in [1.807, 2.05) is 0 Å². The van der Waals surface area contributed by atoms with Crippen molar-refractivity contribution >= 4 is 14.7 Å². The van der Waals surface area contributed by atoms with E-state index >= 15 is 0 Å². The van der Waals surface area contributed by atoms with E-state index in [9.17, 15) is 5.11 Å². The molecule has 0 aliphatic rings. The SMILES string of the molecule is Cc1cccc([Si]CCc2c(C(C)(C)C)cc(O)c(C(C)(C)C)c2C(C)(C)C)c1C. The summed E-state index contributed by atoms with van der Waals surface area (Å²) in [6.45, 7) is 24.8. The van der Waals surface area contributed by atoms with E-state index in [0.29, 0.717) is 5.75 Å². The summed E-state index contributed by atoms with van der Waals surface area (Å²) in [5.41, 5.74) is 7.89. The molecule has 0 saturated carbocycles. The Balaban J connectivity index is 2.61. The highest BCUT2D eigenvalue weighted by molar-refractivity contribution is 6.54. The van der Waals surface area contributed by atoms with Crippen LogP contribution in [0, 0.1) is 13.8 Å². The average molecular weight is 423 g/mol. The van der Waals surface area contributed by atoms with Crippen LogP contribution >= 0.6 is 0 Å². The Morgan fingerprint density at radius 2 is 1.37 bits per heavy atom. The third-order valence-electron chi connectivity index (χ3n) is 6.02. The van der Waals surface area contributed by atoms with Crippen molar-refractivity contribution in [2.75, 3.05) is 0 Å². The second-order valence-electron chi connectivity index (χ2n) is 11.8. The monoisotopic (exact) mass is 422 g/mol. The van der Waals surface area contributed by atoms with Gasteiger partial charge in [0.15, 0.2) is 0 Å². The highest BCUT2D eigenvalue weighted by atomic mass is 28.2. The van der Waals surface area contributed by atoms with Crippen LogP contribution in [0.4, 0.5) is 0 Å². The zero-order valence-corrected chi connectivity index (χ0v) is 22.2. The van der Waals surface area contributed by atoms with E-state index < -0.39 is 0 Å². The minimum Gasteiger partial charge on any atom is -0.508 e. The van der Waals surface area contributed by atoms with Crippen molar-refractivity contribution in [2.24, 2.45) is 0 Å². The molecule has 0 aliphatic carbocycles. The number of hydrogen-bond donors (Lipinski definition) is 1. The van der Waals surface area contributed by atoms with Crippen LogP contribution in [-0.4, -0.2) is 14.6 Å². The molecule has 2 radical (unpaired) electrons. The molecule has 0 bridgehead atoms. The first-order chi connectivity index (χ1) is 13.5. The molecule has 1 N–H and O–H groups in total. The molecule has 30 heavy (non-hydrogen) atoms. The zero-order chi connectivity index (χ0) is 23.1. The summed E-state index contributed by atoms with van der Waals surface area (Å²) in [4.78, 5) is 0. The lowest BCUT2D eigenvalue weighted by molar-refractivity contribution is 0.428. The summed E-state index contributed by atoms with van der Waals surface area (Å²) in [5, 5.41) is 12.6. The summed E-state index contributed by atoms with van der Waals surface area (Å²) >= 11 is 0. The van der Waals surface area contributed by atoms with Gasteiger partial charge >= 0.3 is 0 Å². The molecule has 2 aromatic carbocycles. The minimum atomic E-state index is -0.104. The first kappa shape index (κ1) is 24.7. The van der Waals surface area contributed by atoms with Gasteiger partial charge in [0, 0.05) is 5.56 Å². The highest BCUT2D eigenvalue weighted by Crippen LogP contribution is 2.45. The Morgan fingerprint density at radius 3 is 1.87 bits per heavy atom. The first-order valence-corrected chi connectivity index (χ1v) is 12.5. The molecule has 2 heteroatoms. The fourth-order valence-electron chi connectivity index (χ4n) is 4.49. The van der Waals surface area contributed by atoms with Gasteiger partial charge in [0.2, 0.25) is 0 Å². The van der Waals surface area contributed by atoms with Gasteiger partial charge in [0.25, 0.3) is 0 Å². The summed E-state index contributed by atoms with van der Waals surface area (Å²) in [6.07, 6.45) is 1.05. The van der Waals surface area contributed by atoms with Crippen LogP contribution in [0.15, 0.2) is 24.3 Å². The van der Waals surface area contributed by atoms with Crippen molar-refractivity contribution in [2.45, 2.75) is 105 Å². The molecule has 0 heterocycles. The maximum absolute atomic E-state index is 11.1. The van der Waals surface area contributed by atoms with Gasteiger partial charge in [0.05, 0.1) is 9.52 Å². The van der Waals surface area contributed by atoms with Crippen molar-refractivity contribution in [1.82, 2.24) is 0 Å². The van der Waals surface area contributed by atoms with Gasteiger partial charge in [-0.2, -0.15) is 0 Å². The van der Waals surface area contributed by atoms with Gasteiger partial charge in [-0.1, -0.05) is 91.7 Å². The van der Waals surface area contributed by atoms with Crippen LogP contribution in [0.25, 0.3) is 0 Å². The second kappa shape index (κ2) is 8.53. The molecule has 0 atom stereocenters. The lowest BCUT2D eigenvalue weighted by Crippen LogP contribution is -2.28. The molecule has 0 aromatic heterocycles. The Morgan fingerprint density at radius 1 is 0.800 bits per heavy atom. The van der Waals surface area contributed by atoms with Crippen LogP contribution in [0.2, 0.25) is 6.04 Å². The number of aryl methyl sites for hydroxylation is 1. The van der Waals surface area contributed by atoms with Gasteiger partial charge in [-0.3, -0.25) is 0 Å². The number of hydrogen-bond acceptors (Lipinski definition) is 1. The Kier molecular flexibility index (Phi) is 7.03. The molecule has 1 nitrogen and oxygen atoms in total. The third kappa shape index (κ3) is 5.38. The van der Waals surface area contributed by atoms with Crippen molar-refractivity contribution in [3.8, 4) is 5.75 Å². The predicted molar refractivity (Wildman–Crippen MR) is 134 cm³/mol. The second-order valence-corrected chi connectivity index (χ2v) is 13.2. The molecule has 0 saturated heterocycles. The molecule has 2 rings (SSSR count). The first-order valence-electron chi connectivity index (χ1n) is 11.3. The van der Waals surface area contributed by atoms with Crippen LogP contribution < -0.4 is 5.19 Å². The summed E-state index contributed by atoms with van der Waals surface area (Å²) < 4.78 is 0. The van der Waals surface area contributed by atoms with Crippen molar-refractivity contribution in [3.63, 3.8) is 0 Å². The number of benzene rings is 2. The van der Waals surface area contributed by atoms with E-state index in [0.717, 1.165) is 27.5 Å². The smallest absolute Gasteiger partial charge is 0.119 e. The predicted octanol–water partition coefficient (Wildman–Crippen LogP) is 6.89. The largest absolute Gasteiger partial charge is 0.508 e. The topological polar surface area (TPSA) is 20.2 Å².